The molecule has 0 fully saturated rings. The highest BCUT2D eigenvalue weighted by Crippen LogP contribution is 2.33. The van der Waals surface area contributed by atoms with Crippen molar-refractivity contribution in [3.8, 4) is 28.7 Å². The Bertz CT molecular complexity index is 3780. The Morgan fingerprint density at radius 3 is 0.958 bits per heavy atom. The molecule has 29 heteroatoms. The maximum atomic E-state index is 12.1. The lowest BCUT2D eigenvalue weighted by atomic mass is 9.97. The summed E-state index contributed by atoms with van der Waals surface area (Å²) in [5.41, 5.74) is 8.05. The lowest BCUT2D eigenvalue weighted by Gasteiger charge is -2.17. The van der Waals surface area contributed by atoms with Crippen LogP contribution in [0.3, 0.4) is 0 Å². The quantitative estimate of drug-likeness (QED) is 0.0101. The van der Waals surface area contributed by atoms with Gasteiger partial charge in [-0.15, -0.1) is 0 Å². The number of non-ortho nitro benzene ring substituents is 4. The number of nitrogens with zero attached hydrogens (tertiary/aromatic N) is 4. The summed E-state index contributed by atoms with van der Waals surface area (Å²) in [7, 11) is 8.19. The average molecular weight is 1340 g/mol. The van der Waals surface area contributed by atoms with Gasteiger partial charge < -0.3 is 48.7 Å². The van der Waals surface area contributed by atoms with E-state index in [0.29, 0.717) is 88.1 Å². The molecule has 0 aliphatic heterocycles. The molecule has 5 rings (SSSR count). The number of carbonyl (C=O) groups is 7. The van der Waals surface area contributed by atoms with Gasteiger partial charge in [-0.05, 0) is 128 Å². The summed E-state index contributed by atoms with van der Waals surface area (Å²) >= 11 is 0. The van der Waals surface area contributed by atoms with Gasteiger partial charge in [-0.2, -0.15) is 0 Å². The molecule has 0 amide bonds. The number of carbonyl (C=O) groups excluding carboxylic acids is 7. The number of nitro benzene ring substituents is 4. The topological polar surface area (TPSA) is 412 Å². The lowest BCUT2D eigenvalue weighted by Crippen LogP contribution is -2.26. The third-order valence-electron chi connectivity index (χ3n) is 12.7. The molecule has 0 saturated carbocycles. The van der Waals surface area contributed by atoms with E-state index in [1.165, 1.54) is 108 Å². The van der Waals surface area contributed by atoms with Crippen LogP contribution in [-0.2, 0) is 47.7 Å². The van der Waals surface area contributed by atoms with Gasteiger partial charge in [-0.1, -0.05) is 27.7 Å². The van der Waals surface area contributed by atoms with E-state index >= 15 is 0 Å². The first kappa shape index (κ1) is 82.4. The molecule has 0 aliphatic carbocycles. The second-order valence-corrected chi connectivity index (χ2v) is 21.6. The number of nitrogen functional groups attached to an aromatic ring is 1. The molecule has 29 nitrogen and oxygen atoms in total. The predicted molar refractivity (Wildman–Crippen MR) is 355 cm³/mol. The summed E-state index contributed by atoms with van der Waals surface area (Å²) in [6, 6.07) is 20.6. The van der Waals surface area contributed by atoms with Crippen LogP contribution in [0.1, 0.15) is 128 Å². The van der Waals surface area contributed by atoms with Crippen molar-refractivity contribution < 1.29 is 96.3 Å². The maximum Gasteiger partial charge on any atom is 0.333 e. The summed E-state index contributed by atoms with van der Waals surface area (Å²) in [6.45, 7) is 17.2. The number of aldehydes is 1. The molecule has 0 heterocycles. The lowest BCUT2D eigenvalue weighted by molar-refractivity contribution is -0.385. The molecule has 96 heavy (non-hydrogen) atoms. The van der Waals surface area contributed by atoms with Crippen LogP contribution >= 0.6 is 0 Å². The van der Waals surface area contributed by atoms with E-state index in [-0.39, 0.29) is 51.5 Å². The molecule has 5 aromatic rings. The zero-order valence-electron chi connectivity index (χ0n) is 56.1. The summed E-state index contributed by atoms with van der Waals surface area (Å²) < 4.78 is 39.3. The third-order valence-corrected chi connectivity index (χ3v) is 12.7. The number of anilines is 1. The minimum atomic E-state index is -0.776. The second kappa shape index (κ2) is 39.7. The predicted octanol–water partition coefficient (Wildman–Crippen LogP) is 13.0. The number of methoxy groups -OCH3 is 6. The number of phenols is 1. The highest BCUT2D eigenvalue weighted by Gasteiger charge is 2.27. The summed E-state index contributed by atoms with van der Waals surface area (Å²) in [6.07, 6.45) is 8.71. The van der Waals surface area contributed by atoms with Gasteiger partial charge >= 0.3 is 35.8 Å². The van der Waals surface area contributed by atoms with Crippen molar-refractivity contribution in [3.63, 3.8) is 0 Å². The monoisotopic (exact) mass is 1340 g/mol. The van der Waals surface area contributed by atoms with Crippen molar-refractivity contribution in [2.24, 2.45) is 10.8 Å². The summed E-state index contributed by atoms with van der Waals surface area (Å²) in [4.78, 5) is 121. The Labute approximate surface area is 553 Å². The zero-order chi connectivity index (χ0) is 73.4. The number of aromatic hydroxyl groups is 1. The number of nitrogens with two attached hydrogens (primary N) is 1. The van der Waals surface area contributed by atoms with Crippen molar-refractivity contribution in [2.45, 2.75) is 94.9 Å². The van der Waals surface area contributed by atoms with E-state index < -0.39 is 60.4 Å². The van der Waals surface area contributed by atoms with Gasteiger partial charge in [0.2, 0.25) is 0 Å². The molecule has 0 spiro atoms. The van der Waals surface area contributed by atoms with Crippen LogP contribution < -0.4 is 24.7 Å². The number of rotatable bonds is 21. The second-order valence-electron chi connectivity index (χ2n) is 21.6. The van der Waals surface area contributed by atoms with Gasteiger partial charge in [0.15, 0.2) is 6.29 Å². The van der Waals surface area contributed by atoms with E-state index in [1.807, 2.05) is 19.9 Å². The summed E-state index contributed by atoms with van der Waals surface area (Å²) in [5.74, 6) is -2.20. The van der Waals surface area contributed by atoms with Crippen LogP contribution in [0.4, 0.5) is 28.4 Å². The molecule has 0 radical (unpaired) electrons. The summed E-state index contributed by atoms with van der Waals surface area (Å²) in [5, 5.41) is 52.4. The number of hydrogen-bond donors (Lipinski definition) is 2. The van der Waals surface area contributed by atoms with Gasteiger partial charge in [-0.25, -0.2) is 19.2 Å². The Kier molecular flexibility index (Phi) is 34.0. The number of nitro groups is 4. The van der Waals surface area contributed by atoms with Gasteiger partial charge in [0.25, 0.3) is 22.7 Å². The fourth-order valence-electron chi connectivity index (χ4n) is 7.22. The fraction of sp³-hybridized carbons (Fsp3) is 0.328. The smallest absolute Gasteiger partial charge is 0.333 e. The molecule has 0 saturated heterocycles. The van der Waals surface area contributed by atoms with Crippen molar-refractivity contribution in [3.05, 3.63) is 182 Å². The molecule has 0 aliphatic rings. The molecule has 0 atom stereocenters. The Balaban J connectivity index is 0.000000603. The van der Waals surface area contributed by atoms with Crippen molar-refractivity contribution >= 4 is 94.8 Å². The highest BCUT2D eigenvalue weighted by atomic mass is 16.6. The van der Waals surface area contributed by atoms with Crippen LogP contribution in [0.5, 0.6) is 28.7 Å². The first-order chi connectivity index (χ1) is 45.0. The molecule has 0 aromatic heterocycles. The highest BCUT2D eigenvalue weighted by molar-refractivity contribution is 5.96. The van der Waals surface area contributed by atoms with E-state index in [0.717, 1.165) is 17.7 Å². The fourth-order valence-corrected chi connectivity index (χ4v) is 7.22. The Morgan fingerprint density at radius 1 is 0.417 bits per heavy atom. The molecular weight excluding hydrogens is 1260 g/mol. The van der Waals surface area contributed by atoms with Gasteiger partial charge in [0, 0.05) is 80.6 Å². The van der Waals surface area contributed by atoms with Gasteiger partial charge in [-0.3, -0.25) is 54.8 Å². The van der Waals surface area contributed by atoms with Crippen LogP contribution in [0.25, 0.3) is 24.3 Å². The standard InChI is InChI=1S/C17H21NO6.C13H15NO5.C13H17NO3.2C12H13NO5/c1-6-11(15(19)23-5)9-12-7-8-13(18(21)22)10-14(12)24-16(20)17(2,3)4;1-4-9(13(15)19-3)7-10-5-6-11(14(16)17)8-12(10)18-2;1-4-9(13(15)17-3)7-10-5-6-11(14)8-12(10)16-2;1-12(2,3)11(15)18-10-6-9(13(16)17)5-4-8(10)7-14;1-3-8(12(15)18-2)6-9-4-5-10(13(16)17)7-11(9)14/h7-10H,6H2,1-5H3;5-8H,4H2,1-3H3;5-8H,4,14H2,1-3H3;4-7H,1-3H3;4-7,14H,3H2,1-2H3/b11-9+;2*9-7+;;8-6+. The van der Waals surface area contributed by atoms with Crippen LogP contribution in [-0.4, -0.2) is 110 Å². The Hall–Kier alpha value is -11.7. The van der Waals surface area contributed by atoms with Crippen LogP contribution in [0.15, 0.2) is 113 Å². The van der Waals surface area contributed by atoms with Crippen LogP contribution in [0, 0.1) is 51.3 Å². The maximum absolute atomic E-state index is 12.1. The van der Waals surface area contributed by atoms with E-state index in [4.69, 9.17) is 29.4 Å². The first-order valence-corrected chi connectivity index (χ1v) is 28.8. The average Bonchev–Trinajstić information content (AvgIpc) is 0.888. The minimum absolute atomic E-state index is 0.0268. The molecule has 516 valence electrons. The SMILES string of the molecule is CC(C)(C)C(=O)Oc1cc([N+](=O)[O-])ccc1C=O.CC/C(=C\c1ccc(N)cc1OC)C(=O)OC.CC/C(=C\c1ccc([N+](=O)[O-])cc1O)C(=O)OC.CC/C(=C\c1ccc([N+](=O)[O-])cc1OC(=O)C(C)(C)C)C(=O)OC.CC/C(=C\c1ccc([N+](=O)[O-])cc1OC)C(=O)OC. The van der Waals surface area contributed by atoms with Crippen molar-refractivity contribution in [1.29, 1.82) is 0 Å². The van der Waals surface area contributed by atoms with E-state index in [1.54, 1.807) is 86.8 Å². The molecule has 5 aromatic carbocycles. The number of benzene rings is 5. The van der Waals surface area contributed by atoms with Gasteiger partial charge in [0.1, 0.15) is 28.7 Å². The molecule has 3 N–H and O–H groups in total. The zero-order valence-corrected chi connectivity index (χ0v) is 56.1. The van der Waals surface area contributed by atoms with Crippen molar-refractivity contribution in [2.75, 3.05) is 48.4 Å². The number of ether oxygens (including phenoxy) is 8. The third kappa shape index (κ3) is 26.5. The van der Waals surface area contributed by atoms with Crippen LogP contribution in [0.2, 0.25) is 0 Å². The van der Waals surface area contributed by atoms with Crippen molar-refractivity contribution in [1.82, 2.24) is 0 Å². The largest absolute Gasteiger partial charge is 0.507 e. The molecule has 0 bridgehead atoms. The minimum Gasteiger partial charge on any atom is -0.507 e. The Morgan fingerprint density at radius 2 is 0.677 bits per heavy atom. The normalized spacial score (nSPS) is 11.2. The number of phenolic OH excluding ortho intramolecular Hbond substituents is 1. The number of hydrogen-bond acceptors (Lipinski definition) is 25. The van der Waals surface area contributed by atoms with Gasteiger partial charge in [0.05, 0.1) is 103 Å². The van der Waals surface area contributed by atoms with E-state index in [2.05, 4.69) is 14.2 Å². The molecule has 0 unspecified atom stereocenters. The first-order valence-electron chi connectivity index (χ1n) is 28.8. The molecular formula is C67H79N5O24. The van der Waals surface area contributed by atoms with E-state index in [9.17, 15) is 79.1 Å². The number of esters is 6.